The molecule has 1 fully saturated rings. The molecule has 1 saturated heterocycles. The first-order valence-electron chi connectivity index (χ1n) is 9.77. The Balaban J connectivity index is 1.52. The van der Waals surface area contributed by atoms with Gasteiger partial charge < -0.3 is 10.2 Å². The first-order chi connectivity index (χ1) is 13.2. The molecule has 0 aliphatic carbocycles. The first-order valence-corrected chi connectivity index (χ1v) is 9.77. The van der Waals surface area contributed by atoms with Gasteiger partial charge >= 0.3 is 0 Å². The summed E-state index contributed by atoms with van der Waals surface area (Å²) in [5, 5.41) is 8.28. The Hall–Kier alpha value is -2.67. The highest BCUT2D eigenvalue weighted by atomic mass is 16.1. The minimum absolute atomic E-state index is 0.162. The van der Waals surface area contributed by atoms with E-state index in [9.17, 15) is 4.79 Å². The lowest BCUT2D eigenvalue weighted by atomic mass is 10.0. The molecule has 2 aromatic heterocycles. The SMILES string of the molecule is CCCCN1CCC(Nc2nc3c(cnn3-c3ccccc3)c(=O)[nH]2)CC1. The minimum atomic E-state index is -0.162. The molecule has 0 radical (unpaired) electrons. The molecule has 3 heterocycles. The Morgan fingerprint density at radius 2 is 2.00 bits per heavy atom. The van der Waals surface area contributed by atoms with E-state index in [0.29, 0.717) is 23.0 Å². The van der Waals surface area contributed by atoms with E-state index in [1.54, 1.807) is 10.9 Å². The summed E-state index contributed by atoms with van der Waals surface area (Å²) < 4.78 is 1.71. The van der Waals surface area contributed by atoms with Gasteiger partial charge in [-0.15, -0.1) is 0 Å². The molecule has 1 aliphatic rings. The summed E-state index contributed by atoms with van der Waals surface area (Å²) in [6, 6.07) is 10.1. The number of aromatic amines is 1. The fourth-order valence-corrected chi connectivity index (χ4v) is 3.62. The number of H-pyrrole nitrogens is 1. The van der Waals surface area contributed by atoms with E-state index in [1.807, 2.05) is 30.3 Å². The lowest BCUT2D eigenvalue weighted by Crippen LogP contribution is -2.40. The molecule has 3 aromatic rings. The molecular weight excluding hydrogens is 340 g/mol. The maximum absolute atomic E-state index is 12.5. The van der Waals surface area contributed by atoms with Gasteiger partial charge in [-0.25, -0.2) is 4.68 Å². The number of para-hydroxylation sites is 1. The average molecular weight is 366 g/mol. The topological polar surface area (TPSA) is 78.8 Å². The van der Waals surface area contributed by atoms with Gasteiger partial charge in [0.2, 0.25) is 5.95 Å². The number of anilines is 1. The van der Waals surface area contributed by atoms with Crippen LogP contribution in [0.2, 0.25) is 0 Å². The highest BCUT2D eigenvalue weighted by Crippen LogP contribution is 2.17. The van der Waals surface area contributed by atoms with Crippen molar-refractivity contribution in [2.45, 2.75) is 38.6 Å². The standard InChI is InChI=1S/C20H26N6O/c1-2-3-11-25-12-9-15(10-13-25)22-20-23-18-17(19(27)24-20)14-21-26(18)16-7-5-4-6-8-16/h4-8,14-15H,2-3,9-13H2,1H3,(H2,22,23,24,27). The highest BCUT2D eigenvalue weighted by Gasteiger charge is 2.20. The van der Waals surface area contributed by atoms with Gasteiger partial charge in [-0.3, -0.25) is 9.78 Å². The first kappa shape index (κ1) is 17.7. The number of likely N-dealkylation sites (tertiary alicyclic amines) is 1. The van der Waals surface area contributed by atoms with E-state index < -0.39 is 0 Å². The van der Waals surface area contributed by atoms with E-state index in [-0.39, 0.29) is 5.56 Å². The van der Waals surface area contributed by atoms with Crippen LogP contribution in [0.1, 0.15) is 32.6 Å². The predicted molar refractivity (Wildman–Crippen MR) is 107 cm³/mol. The van der Waals surface area contributed by atoms with E-state index in [4.69, 9.17) is 0 Å². The number of aromatic nitrogens is 4. The van der Waals surface area contributed by atoms with Crippen molar-refractivity contribution in [2.24, 2.45) is 0 Å². The van der Waals surface area contributed by atoms with Gasteiger partial charge in [-0.05, 0) is 37.9 Å². The number of fused-ring (bicyclic) bond motifs is 1. The molecule has 7 nitrogen and oxygen atoms in total. The normalized spacial score (nSPS) is 16.0. The van der Waals surface area contributed by atoms with E-state index in [2.05, 4.69) is 32.2 Å². The minimum Gasteiger partial charge on any atom is -0.353 e. The quantitative estimate of drug-likeness (QED) is 0.701. The van der Waals surface area contributed by atoms with Crippen molar-refractivity contribution in [1.29, 1.82) is 0 Å². The van der Waals surface area contributed by atoms with Crippen LogP contribution in [0.15, 0.2) is 41.3 Å². The monoisotopic (exact) mass is 366 g/mol. The summed E-state index contributed by atoms with van der Waals surface area (Å²) in [5.41, 5.74) is 1.30. The van der Waals surface area contributed by atoms with Crippen LogP contribution in [-0.2, 0) is 0 Å². The molecule has 0 unspecified atom stereocenters. The second kappa shape index (κ2) is 7.92. The van der Waals surface area contributed by atoms with Gasteiger partial charge in [-0.2, -0.15) is 10.1 Å². The van der Waals surface area contributed by atoms with E-state index in [0.717, 1.165) is 31.6 Å². The zero-order valence-electron chi connectivity index (χ0n) is 15.7. The Kier molecular flexibility index (Phi) is 5.20. The fourth-order valence-electron chi connectivity index (χ4n) is 3.62. The Morgan fingerprint density at radius 1 is 1.22 bits per heavy atom. The molecule has 2 N–H and O–H groups in total. The second-order valence-electron chi connectivity index (χ2n) is 7.16. The predicted octanol–water partition coefficient (Wildman–Crippen LogP) is 2.79. The molecular formula is C20H26N6O. The Labute approximate surface area is 158 Å². The summed E-state index contributed by atoms with van der Waals surface area (Å²) >= 11 is 0. The number of hydrogen-bond acceptors (Lipinski definition) is 5. The molecule has 0 amide bonds. The van der Waals surface area contributed by atoms with Crippen LogP contribution in [-0.4, -0.2) is 50.3 Å². The lowest BCUT2D eigenvalue weighted by molar-refractivity contribution is 0.216. The zero-order chi connectivity index (χ0) is 18.6. The third-order valence-electron chi connectivity index (χ3n) is 5.20. The molecule has 142 valence electrons. The summed E-state index contributed by atoms with van der Waals surface area (Å²) in [7, 11) is 0. The molecule has 0 spiro atoms. The average Bonchev–Trinajstić information content (AvgIpc) is 3.13. The lowest BCUT2D eigenvalue weighted by Gasteiger charge is -2.32. The van der Waals surface area contributed by atoms with Crippen LogP contribution in [0.3, 0.4) is 0 Å². The third kappa shape index (κ3) is 3.88. The van der Waals surface area contributed by atoms with Crippen LogP contribution < -0.4 is 10.9 Å². The fraction of sp³-hybridized carbons (Fsp3) is 0.450. The largest absolute Gasteiger partial charge is 0.353 e. The summed E-state index contributed by atoms with van der Waals surface area (Å²) in [6.07, 6.45) is 6.18. The number of unbranched alkanes of at least 4 members (excludes halogenated alkanes) is 1. The van der Waals surface area contributed by atoms with Crippen LogP contribution in [0.5, 0.6) is 0 Å². The van der Waals surface area contributed by atoms with Gasteiger partial charge in [0.1, 0.15) is 5.39 Å². The molecule has 1 aliphatic heterocycles. The van der Waals surface area contributed by atoms with Gasteiger partial charge in [0.05, 0.1) is 11.9 Å². The number of nitrogens with one attached hydrogen (secondary N) is 2. The number of piperidine rings is 1. The smallest absolute Gasteiger partial charge is 0.263 e. The Morgan fingerprint density at radius 3 is 2.74 bits per heavy atom. The molecule has 27 heavy (non-hydrogen) atoms. The van der Waals surface area contributed by atoms with Crippen LogP contribution in [0.25, 0.3) is 16.7 Å². The second-order valence-corrected chi connectivity index (χ2v) is 7.16. The zero-order valence-corrected chi connectivity index (χ0v) is 15.7. The van der Waals surface area contributed by atoms with Crippen molar-refractivity contribution in [2.75, 3.05) is 25.0 Å². The third-order valence-corrected chi connectivity index (χ3v) is 5.20. The van der Waals surface area contributed by atoms with Gasteiger partial charge in [0, 0.05) is 19.1 Å². The molecule has 1 aromatic carbocycles. The van der Waals surface area contributed by atoms with Crippen molar-refractivity contribution in [1.82, 2.24) is 24.6 Å². The van der Waals surface area contributed by atoms with Gasteiger partial charge in [0.25, 0.3) is 5.56 Å². The Bertz CT molecular complexity index is 940. The number of nitrogens with zero attached hydrogens (tertiary/aromatic N) is 4. The summed E-state index contributed by atoms with van der Waals surface area (Å²) in [6.45, 7) is 5.59. The van der Waals surface area contributed by atoms with Gasteiger partial charge in [0.15, 0.2) is 5.65 Å². The van der Waals surface area contributed by atoms with E-state index in [1.165, 1.54) is 19.4 Å². The molecule has 0 atom stereocenters. The molecule has 7 heteroatoms. The molecule has 4 rings (SSSR count). The van der Waals surface area contributed by atoms with Crippen LogP contribution in [0.4, 0.5) is 5.95 Å². The maximum Gasteiger partial charge on any atom is 0.263 e. The maximum atomic E-state index is 12.5. The number of rotatable bonds is 6. The van der Waals surface area contributed by atoms with Crippen molar-refractivity contribution < 1.29 is 0 Å². The van der Waals surface area contributed by atoms with Crippen molar-refractivity contribution in [3.8, 4) is 5.69 Å². The molecule has 0 saturated carbocycles. The summed E-state index contributed by atoms with van der Waals surface area (Å²) in [4.78, 5) is 22.5. The van der Waals surface area contributed by atoms with Crippen molar-refractivity contribution in [3.05, 3.63) is 46.9 Å². The van der Waals surface area contributed by atoms with Crippen molar-refractivity contribution in [3.63, 3.8) is 0 Å². The van der Waals surface area contributed by atoms with Crippen LogP contribution >= 0.6 is 0 Å². The summed E-state index contributed by atoms with van der Waals surface area (Å²) in [5.74, 6) is 0.525. The highest BCUT2D eigenvalue weighted by molar-refractivity contribution is 5.76. The van der Waals surface area contributed by atoms with Crippen LogP contribution in [0, 0.1) is 0 Å². The number of hydrogen-bond donors (Lipinski definition) is 2. The molecule has 0 bridgehead atoms. The van der Waals surface area contributed by atoms with E-state index >= 15 is 0 Å². The van der Waals surface area contributed by atoms with Crippen molar-refractivity contribution >= 4 is 17.0 Å². The van der Waals surface area contributed by atoms with Gasteiger partial charge in [-0.1, -0.05) is 31.5 Å². The number of benzene rings is 1.